The van der Waals surface area contributed by atoms with Crippen LogP contribution in [-0.4, -0.2) is 51.5 Å². The van der Waals surface area contributed by atoms with Crippen LogP contribution in [0.25, 0.3) is 0 Å². The first-order valence-corrected chi connectivity index (χ1v) is 5.97. The molecule has 1 saturated heterocycles. The van der Waals surface area contributed by atoms with Gasteiger partial charge in [0, 0.05) is 20.1 Å². The Morgan fingerprint density at radius 3 is 2.78 bits per heavy atom. The number of nitrogens with zero attached hydrogens (tertiary/aromatic N) is 4. The summed E-state index contributed by atoms with van der Waals surface area (Å²) >= 11 is 0. The van der Waals surface area contributed by atoms with Gasteiger partial charge < -0.3 is 15.2 Å². The lowest BCUT2D eigenvalue weighted by molar-refractivity contribution is -0.147. The third-order valence-electron chi connectivity index (χ3n) is 3.38. The van der Waals surface area contributed by atoms with Gasteiger partial charge in [0.25, 0.3) is 0 Å². The molecule has 2 heterocycles. The van der Waals surface area contributed by atoms with Gasteiger partial charge in [0.2, 0.25) is 11.8 Å². The number of carbonyl (C=O) groups excluding carboxylic acids is 1. The number of piperazine rings is 1. The van der Waals surface area contributed by atoms with E-state index in [-0.39, 0.29) is 12.5 Å². The molecule has 7 heteroatoms. The summed E-state index contributed by atoms with van der Waals surface area (Å²) in [6.07, 6.45) is 0. The molecule has 0 unspecified atom stereocenters. The molecule has 0 saturated carbocycles. The lowest BCUT2D eigenvalue weighted by Crippen LogP contribution is -2.61. The van der Waals surface area contributed by atoms with E-state index in [4.69, 9.17) is 10.3 Å². The van der Waals surface area contributed by atoms with Crippen LogP contribution in [0.2, 0.25) is 0 Å². The van der Waals surface area contributed by atoms with E-state index in [2.05, 4.69) is 15.0 Å². The molecule has 2 rings (SSSR count). The van der Waals surface area contributed by atoms with E-state index >= 15 is 0 Å². The summed E-state index contributed by atoms with van der Waals surface area (Å²) in [7, 11) is 1.82. The van der Waals surface area contributed by atoms with Crippen LogP contribution in [-0.2, 0) is 17.9 Å². The van der Waals surface area contributed by atoms with Crippen LogP contribution in [0.5, 0.6) is 0 Å². The van der Waals surface area contributed by atoms with Gasteiger partial charge in [-0.05, 0) is 13.8 Å². The molecule has 7 nitrogen and oxygen atoms in total. The number of nitrogens with two attached hydrogens (primary N) is 1. The highest BCUT2D eigenvalue weighted by Crippen LogP contribution is 2.23. The number of hydrogen-bond acceptors (Lipinski definition) is 6. The van der Waals surface area contributed by atoms with Gasteiger partial charge in [0.15, 0.2) is 5.82 Å². The molecule has 18 heavy (non-hydrogen) atoms. The lowest BCUT2D eigenvalue weighted by atomic mass is 9.98. The maximum Gasteiger partial charge on any atom is 0.242 e. The van der Waals surface area contributed by atoms with Crippen molar-refractivity contribution in [1.29, 1.82) is 0 Å². The Balaban J connectivity index is 2.11. The van der Waals surface area contributed by atoms with Crippen molar-refractivity contribution in [2.45, 2.75) is 32.5 Å². The largest absolute Gasteiger partial charge is 0.343 e. The fraction of sp³-hybridized carbons (Fsp3) is 0.727. The molecule has 1 aliphatic rings. The van der Waals surface area contributed by atoms with Gasteiger partial charge in [-0.25, -0.2) is 0 Å². The second kappa shape index (κ2) is 4.66. The highest BCUT2D eigenvalue weighted by Gasteiger charge is 2.40. The van der Waals surface area contributed by atoms with Crippen molar-refractivity contribution >= 4 is 5.91 Å². The first-order chi connectivity index (χ1) is 8.45. The Morgan fingerprint density at radius 2 is 2.17 bits per heavy atom. The van der Waals surface area contributed by atoms with Crippen molar-refractivity contribution in [2.24, 2.45) is 5.73 Å². The number of carbonyl (C=O) groups is 1. The molecule has 1 aliphatic heterocycles. The zero-order valence-electron chi connectivity index (χ0n) is 11.0. The highest BCUT2D eigenvalue weighted by molar-refractivity contribution is 5.86. The van der Waals surface area contributed by atoms with Crippen molar-refractivity contribution in [3.05, 3.63) is 11.7 Å². The Bertz CT molecular complexity index is 442. The Morgan fingerprint density at radius 1 is 1.44 bits per heavy atom. The van der Waals surface area contributed by atoms with Crippen LogP contribution >= 0.6 is 0 Å². The number of aromatic nitrogens is 2. The van der Waals surface area contributed by atoms with Crippen LogP contribution < -0.4 is 5.73 Å². The average molecular weight is 253 g/mol. The molecular formula is C11H19N5O2. The van der Waals surface area contributed by atoms with Crippen molar-refractivity contribution in [3.8, 4) is 0 Å². The predicted octanol–water partition coefficient (Wildman–Crippen LogP) is -0.419. The Hall–Kier alpha value is -1.47. The van der Waals surface area contributed by atoms with Crippen molar-refractivity contribution in [1.82, 2.24) is 19.9 Å². The molecule has 0 spiro atoms. The standard InChI is InChI=1S/C11H19N5O2/c1-11(2)10(17)15(3)4-5-16(11)7-8-13-9(6-12)18-14-8/h4-7,12H2,1-3H3. The van der Waals surface area contributed by atoms with E-state index in [1.807, 2.05) is 20.9 Å². The fourth-order valence-electron chi connectivity index (χ4n) is 2.14. The Kier molecular flexibility index (Phi) is 3.36. The van der Waals surface area contributed by atoms with Gasteiger partial charge in [-0.3, -0.25) is 9.69 Å². The van der Waals surface area contributed by atoms with E-state index < -0.39 is 5.54 Å². The van der Waals surface area contributed by atoms with Crippen LogP contribution in [0.15, 0.2) is 4.52 Å². The summed E-state index contributed by atoms with van der Waals surface area (Å²) in [6, 6.07) is 0. The lowest BCUT2D eigenvalue weighted by Gasteiger charge is -2.44. The van der Waals surface area contributed by atoms with Crippen molar-refractivity contribution < 1.29 is 9.32 Å². The molecule has 0 bridgehead atoms. The van der Waals surface area contributed by atoms with Gasteiger partial charge in [-0.1, -0.05) is 5.16 Å². The first kappa shape index (κ1) is 13.0. The second-order valence-corrected chi connectivity index (χ2v) is 5.02. The minimum absolute atomic E-state index is 0.108. The molecule has 0 aromatic carbocycles. The van der Waals surface area contributed by atoms with Gasteiger partial charge >= 0.3 is 0 Å². The molecule has 1 aromatic rings. The highest BCUT2D eigenvalue weighted by atomic mass is 16.5. The summed E-state index contributed by atoms with van der Waals surface area (Å²) in [4.78, 5) is 20.1. The molecule has 1 aromatic heterocycles. The third-order valence-corrected chi connectivity index (χ3v) is 3.38. The minimum atomic E-state index is -0.545. The first-order valence-electron chi connectivity index (χ1n) is 5.97. The average Bonchev–Trinajstić information content (AvgIpc) is 2.78. The molecule has 1 amide bonds. The smallest absolute Gasteiger partial charge is 0.242 e. The summed E-state index contributed by atoms with van der Waals surface area (Å²) in [6.45, 7) is 6.06. The monoisotopic (exact) mass is 253 g/mol. The zero-order chi connectivity index (χ0) is 13.3. The topological polar surface area (TPSA) is 88.5 Å². The predicted molar refractivity (Wildman–Crippen MR) is 64.3 cm³/mol. The van der Waals surface area contributed by atoms with Crippen LogP contribution in [0.4, 0.5) is 0 Å². The van der Waals surface area contributed by atoms with E-state index in [0.29, 0.717) is 24.8 Å². The summed E-state index contributed by atoms with van der Waals surface area (Å²) in [5.74, 6) is 1.10. The summed E-state index contributed by atoms with van der Waals surface area (Å²) in [5, 5.41) is 3.86. The van der Waals surface area contributed by atoms with Gasteiger partial charge in [-0.15, -0.1) is 0 Å². The third kappa shape index (κ3) is 2.23. The fourth-order valence-corrected chi connectivity index (χ4v) is 2.14. The second-order valence-electron chi connectivity index (χ2n) is 5.02. The number of likely N-dealkylation sites (N-methyl/N-ethyl adjacent to an activating group) is 1. The number of hydrogen-bond donors (Lipinski definition) is 1. The normalized spacial score (nSPS) is 20.4. The van der Waals surface area contributed by atoms with Crippen molar-refractivity contribution in [2.75, 3.05) is 20.1 Å². The van der Waals surface area contributed by atoms with Gasteiger partial charge in [0.05, 0.1) is 18.6 Å². The van der Waals surface area contributed by atoms with E-state index in [0.717, 1.165) is 6.54 Å². The molecule has 1 fully saturated rings. The minimum Gasteiger partial charge on any atom is -0.343 e. The van der Waals surface area contributed by atoms with E-state index in [9.17, 15) is 4.79 Å². The van der Waals surface area contributed by atoms with Crippen molar-refractivity contribution in [3.63, 3.8) is 0 Å². The number of rotatable bonds is 3. The van der Waals surface area contributed by atoms with Crippen LogP contribution in [0.1, 0.15) is 25.6 Å². The zero-order valence-corrected chi connectivity index (χ0v) is 11.0. The summed E-state index contributed by atoms with van der Waals surface area (Å²) < 4.78 is 4.96. The maximum atomic E-state index is 12.1. The molecule has 100 valence electrons. The van der Waals surface area contributed by atoms with Gasteiger partial charge in [0.1, 0.15) is 0 Å². The molecule has 0 atom stereocenters. The van der Waals surface area contributed by atoms with E-state index in [1.165, 1.54) is 0 Å². The summed E-state index contributed by atoms with van der Waals surface area (Å²) in [5.41, 5.74) is 4.87. The van der Waals surface area contributed by atoms with Crippen LogP contribution in [0, 0.1) is 0 Å². The van der Waals surface area contributed by atoms with Crippen LogP contribution in [0.3, 0.4) is 0 Å². The number of amides is 1. The molecular weight excluding hydrogens is 234 g/mol. The molecule has 0 aliphatic carbocycles. The van der Waals surface area contributed by atoms with E-state index in [1.54, 1.807) is 4.90 Å². The van der Waals surface area contributed by atoms with Gasteiger partial charge in [-0.2, -0.15) is 4.98 Å². The molecule has 2 N–H and O–H groups in total. The molecule has 0 radical (unpaired) electrons. The SMILES string of the molecule is CN1CCN(Cc2noc(CN)n2)C(C)(C)C1=O. The maximum absolute atomic E-state index is 12.1. The Labute approximate surface area is 106 Å². The quantitative estimate of drug-likeness (QED) is 0.787.